The standard InChI is InChI=1S/C18H24N4O7S/c1-12(16-19-17(20-29-16)18(2,3)4)28-15-6-5-13(11-14(15)22(23)24)30(25,26)21-7-9-27-10-8-21/h5-6,11-12H,7-10H2,1-4H3. The summed E-state index contributed by atoms with van der Waals surface area (Å²) in [5, 5.41) is 15.5. The van der Waals surface area contributed by atoms with Gasteiger partial charge in [0.25, 0.3) is 5.89 Å². The summed E-state index contributed by atoms with van der Waals surface area (Å²) in [5.41, 5.74) is -0.796. The summed E-state index contributed by atoms with van der Waals surface area (Å²) in [6.07, 6.45) is -0.769. The number of rotatable bonds is 6. The van der Waals surface area contributed by atoms with Gasteiger partial charge in [-0.25, -0.2) is 8.42 Å². The zero-order valence-corrected chi connectivity index (χ0v) is 18.0. The predicted molar refractivity (Wildman–Crippen MR) is 105 cm³/mol. The second-order valence-electron chi connectivity index (χ2n) is 7.87. The normalized spacial score (nSPS) is 16.9. The van der Waals surface area contributed by atoms with E-state index in [1.54, 1.807) is 6.92 Å². The maximum Gasteiger partial charge on any atom is 0.312 e. The first kappa shape index (κ1) is 22.1. The maximum atomic E-state index is 12.8. The van der Waals surface area contributed by atoms with Crippen LogP contribution in [0.2, 0.25) is 0 Å². The minimum Gasteiger partial charge on any atom is -0.474 e. The number of ether oxygens (including phenoxy) is 2. The Morgan fingerprint density at radius 1 is 1.27 bits per heavy atom. The van der Waals surface area contributed by atoms with Crippen LogP contribution in [0.5, 0.6) is 5.75 Å². The van der Waals surface area contributed by atoms with Crippen molar-refractivity contribution in [2.45, 2.75) is 44.1 Å². The molecule has 0 saturated carbocycles. The zero-order valence-electron chi connectivity index (χ0n) is 17.2. The van der Waals surface area contributed by atoms with E-state index >= 15 is 0 Å². The Labute approximate surface area is 174 Å². The summed E-state index contributed by atoms with van der Waals surface area (Å²) in [7, 11) is -3.88. The first-order valence-electron chi connectivity index (χ1n) is 9.37. The van der Waals surface area contributed by atoms with Crippen molar-refractivity contribution in [1.82, 2.24) is 14.4 Å². The highest BCUT2D eigenvalue weighted by molar-refractivity contribution is 7.89. The van der Waals surface area contributed by atoms with Gasteiger partial charge in [-0.15, -0.1) is 0 Å². The fraction of sp³-hybridized carbons (Fsp3) is 0.556. The largest absolute Gasteiger partial charge is 0.474 e. The molecule has 0 aliphatic carbocycles. The molecule has 1 aromatic heterocycles. The third kappa shape index (κ3) is 4.60. The van der Waals surface area contributed by atoms with Gasteiger partial charge in [0.1, 0.15) is 0 Å². The molecule has 1 unspecified atom stereocenters. The molecule has 0 spiro atoms. The molecule has 2 heterocycles. The van der Waals surface area contributed by atoms with E-state index < -0.39 is 26.7 Å². The summed E-state index contributed by atoms with van der Waals surface area (Å²) in [5.74, 6) is 0.553. The third-order valence-corrected chi connectivity index (χ3v) is 6.39. The smallest absolute Gasteiger partial charge is 0.312 e. The predicted octanol–water partition coefficient (Wildman–Crippen LogP) is 2.44. The van der Waals surface area contributed by atoms with E-state index in [-0.39, 0.29) is 48.3 Å². The van der Waals surface area contributed by atoms with E-state index in [9.17, 15) is 18.5 Å². The lowest BCUT2D eigenvalue weighted by molar-refractivity contribution is -0.386. The van der Waals surface area contributed by atoms with Crippen molar-refractivity contribution in [3.05, 3.63) is 40.0 Å². The number of morpholine rings is 1. The lowest BCUT2D eigenvalue weighted by atomic mass is 9.96. The fourth-order valence-corrected chi connectivity index (χ4v) is 4.21. The molecule has 1 aliphatic rings. The Balaban J connectivity index is 1.87. The van der Waals surface area contributed by atoms with Gasteiger partial charge in [0, 0.05) is 24.6 Å². The Hall–Kier alpha value is -2.57. The minimum absolute atomic E-state index is 0.0936. The van der Waals surface area contributed by atoms with E-state index in [2.05, 4.69) is 10.1 Å². The maximum absolute atomic E-state index is 12.8. The highest BCUT2D eigenvalue weighted by Crippen LogP contribution is 2.34. The lowest BCUT2D eigenvalue weighted by Gasteiger charge is -2.26. The topological polar surface area (TPSA) is 138 Å². The van der Waals surface area contributed by atoms with E-state index in [1.165, 1.54) is 16.4 Å². The lowest BCUT2D eigenvalue weighted by Crippen LogP contribution is -2.40. The summed E-state index contributed by atoms with van der Waals surface area (Å²) in [4.78, 5) is 15.0. The second-order valence-corrected chi connectivity index (χ2v) is 9.81. The third-order valence-electron chi connectivity index (χ3n) is 4.50. The minimum atomic E-state index is -3.88. The van der Waals surface area contributed by atoms with E-state index in [0.717, 1.165) is 6.07 Å². The average Bonchev–Trinajstić information content (AvgIpc) is 3.19. The van der Waals surface area contributed by atoms with Crippen molar-refractivity contribution in [1.29, 1.82) is 0 Å². The van der Waals surface area contributed by atoms with Crippen LogP contribution in [0.4, 0.5) is 5.69 Å². The number of aromatic nitrogens is 2. The van der Waals surface area contributed by atoms with Gasteiger partial charge in [-0.3, -0.25) is 10.1 Å². The van der Waals surface area contributed by atoms with Crippen LogP contribution in [0.3, 0.4) is 0 Å². The van der Waals surface area contributed by atoms with Gasteiger partial charge >= 0.3 is 5.69 Å². The molecule has 0 radical (unpaired) electrons. The number of benzene rings is 1. The molecule has 0 N–H and O–H groups in total. The van der Waals surface area contributed by atoms with Gasteiger partial charge in [-0.05, 0) is 19.1 Å². The second kappa shape index (κ2) is 8.28. The average molecular weight is 440 g/mol. The molecule has 1 aliphatic heterocycles. The summed E-state index contributed by atoms with van der Waals surface area (Å²) >= 11 is 0. The van der Waals surface area contributed by atoms with Gasteiger partial charge in [0.2, 0.25) is 10.0 Å². The van der Waals surface area contributed by atoms with Crippen molar-refractivity contribution in [3.63, 3.8) is 0 Å². The highest BCUT2D eigenvalue weighted by atomic mass is 32.2. The Morgan fingerprint density at radius 3 is 2.50 bits per heavy atom. The number of hydrogen-bond donors (Lipinski definition) is 0. The van der Waals surface area contributed by atoms with Crippen LogP contribution in [0.25, 0.3) is 0 Å². The van der Waals surface area contributed by atoms with Gasteiger partial charge in [-0.1, -0.05) is 25.9 Å². The van der Waals surface area contributed by atoms with Crippen LogP contribution in [-0.4, -0.2) is 54.1 Å². The van der Waals surface area contributed by atoms with Crippen molar-refractivity contribution in [2.75, 3.05) is 26.3 Å². The molecule has 11 nitrogen and oxygen atoms in total. The Kier molecular flexibility index (Phi) is 6.11. The van der Waals surface area contributed by atoms with Crippen LogP contribution < -0.4 is 4.74 Å². The number of nitro benzene ring substituents is 1. The van der Waals surface area contributed by atoms with E-state index in [1.807, 2.05) is 20.8 Å². The summed E-state index contributed by atoms with van der Waals surface area (Å²) < 4.78 is 42.9. The van der Waals surface area contributed by atoms with Crippen molar-refractivity contribution >= 4 is 15.7 Å². The summed E-state index contributed by atoms with van der Waals surface area (Å²) in [6, 6.07) is 3.55. The van der Waals surface area contributed by atoms with Crippen molar-refractivity contribution < 1.29 is 27.3 Å². The zero-order chi connectivity index (χ0) is 22.1. The molecule has 0 amide bonds. The molecule has 1 aromatic carbocycles. The van der Waals surface area contributed by atoms with Gasteiger partial charge in [0.05, 0.1) is 23.0 Å². The molecule has 164 valence electrons. The molecule has 0 bridgehead atoms. The molecule has 12 heteroatoms. The molecule has 3 rings (SSSR count). The van der Waals surface area contributed by atoms with Gasteiger partial charge < -0.3 is 14.0 Å². The quantitative estimate of drug-likeness (QED) is 0.489. The first-order chi connectivity index (χ1) is 14.0. The number of sulfonamides is 1. The molecule has 1 saturated heterocycles. The molecular weight excluding hydrogens is 416 g/mol. The Bertz CT molecular complexity index is 1020. The first-order valence-corrected chi connectivity index (χ1v) is 10.8. The van der Waals surface area contributed by atoms with Crippen LogP contribution in [0.15, 0.2) is 27.6 Å². The van der Waals surface area contributed by atoms with Crippen molar-refractivity contribution in [3.8, 4) is 5.75 Å². The Morgan fingerprint density at radius 2 is 1.93 bits per heavy atom. The van der Waals surface area contributed by atoms with Crippen LogP contribution >= 0.6 is 0 Å². The molecule has 1 atom stereocenters. The van der Waals surface area contributed by atoms with Crippen LogP contribution in [0.1, 0.15) is 45.5 Å². The van der Waals surface area contributed by atoms with Crippen molar-refractivity contribution in [2.24, 2.45) is 0 Å². The number of hydrogen-bond acceptors (Lipinski definition) is 9. The fourth-order valence-electron chi connectivity index (χ4n) is 2.78. The highest BCUT2D eigenvalue weighted by Gasteiger charge is 2.30. The molecule has 2 aromatic rings. The number of nitro groups is 1. The van der Waals surface area contributed by atoms with Crippen LogP contribution in [-0.2, 0) is 20.2 Å². The van der Waals surface area contributed by atoms with E-state index in [0.29, 0.717) is 5.82 Å². The van der Waals surface area contributed by atoms with Gasteiger partial charge in [-0.2, -0.15) is 9.29 Å². The van der Waals surface area contributed by atoms with Gasteiger partial charge in [0.15, 0.2) is 17.7 Å². The molecule has 30 heavy (non-hydrogen) atoms. The van der Waals surface area contributed by atoms with Crippen LogP contribution in [0, 0.1) is 10.1 Å². The summed E-state index contributed by atoms with van der Waals surface area (Å²) in [6.45, 7) is 8.32. The molecule has 1 fully saturated rings. The SMILES string of the molecule is CC(Oc1ccc(S(=O)(=O)N2CCOCC2)cc1[N+](=O)[O-])c1nc(C(C)(C)C)no1. The van der Waals surface area contributed by atoms with E-state index in [4.69, 9.17) is 14.0 Å². The number of nitrogens with zero attached hydrogens (tertiary/aromatic N) is 4. The molecular formula is C18H24N4O7S. The monoisotopic (exact) mass is 440 g/mol.